The summed E-state index contributed by atoms with van der Waals surface area (Å²) in [6.07, 6.45) is -4.70. The molecule has 0 radical (unpaired) electrons. The van der Waals surface area contributed by atoms with E-state index >= 15 is 0 Å². The first-order chi connectivity index (χ1) is 6.38. The van der Waals surface area contributed by atoms with Crippen molar-refractivity contribution in [1.82, 2.24) is 0 Å². The maximum Gasteiger partial charge on any atom is 0.421 e. The van der Waals surface area contributed by atoms with Gasteiger partial charge < -0.3 is 5.32 Å². The minimum atomic E-state index is -4.70. The Morgan fingerprint density at radius 3 is 2.29 bits per heavy atom. The third-order valence-corrected chi connectivity index (χ3v) is 2.26. The van der Waals surface area contributed by atoms with Crippen LogP contribution in [-0.2, 0) is 6.18 Å². The van der Waals surface area contributed by atoms with Crippen LogP contribution in [0.1, 0.15) is 5.56 Å². The number of hydrogen-bond donors (Lipinski definition) is 1. The minimum Gasteiger partial charge on any atom is -0.388 e. The zero-order valence-corrected chi connectivity index (χ0v) is 8.63. The van der Waals surface area contributed by atoms with Gasteiger partial charge in [0.2, 0.25) is 0 Å². The normalized spacial score (nSPS) is 11.6. The van der Waals surface area contributed by atoms with Gasteiger partial charge in [-0.25, -0.2) is 4.39 Å². The number of hydrogen-bond acceptors (Lipinski definition) is 1. The third kappa shape index (κ3) is 2.00. The highest BCUT2D eigenvalue weighted by atomic mass is 79.9. The van der Waals surface area contributed by atoms with Crippen molar-refractivity contribution in [2.75, 3.05) is 12.4 Å². The molecule has 1 aromatic carbocycles. The van der Waals surface area contributed by atoms with E-state index in [2.05, 4.69) is 21.2 Å². The predicted octanol–water partition coefficient (Wildman–Crippen LogP) is 3.65. The fourth-order valence-corrected chi connectivity index (χ4v) is 1.37. The van der Waals surface area contributed by atoms with Gasteiger partial charge >= 0.3 is 6.18 Å². The number of alkyl halides is 3. The first-order valence-corrected chi connectivity index (χ1v) is 4.40. The van der Waals surface area contributed by atoms with Gasteiger partial charge in [0.25, 0.3) is 0 Å². The Morgan fingerprint density at radius 2 is 1.86 bits per heavy atom. The molecule has 6 heteroatoms. The molecule has 1 nitrogen and oxygen atoms in total. The monoisotopic (exact) mass is 271 g/mol. The molecule has 0 spiro atoms. The molecular formula is C8H6BrF4N. The van der Waals surface area contributed by atoms with Crippen LogP contribution in [0.3, 0.4) is 0 Å². The van der Waals surface area contributed by atoms with Crippen LogP contribution in [0.15, 0.2) is 16.6 Å². The lowest BCUT2D eigenvalue weighted by atomic mass is 10.1. The van der Waals surface area contributed by atoms with Crippen LogP contribution in [0.25, 0.3) is 0 Å². The number of anilines is 1. The topological polar surface area (TPSA) is 12.0 Å². The molecular weight excluding hydrogens is 266 g/mol. The zero-order chi connectivity index (χ0) is 10.9. The Hall–Kier alpha value is -0.780. The van der Waals surface area contributed by atoms with Crippen LogP contribution in [0, 0.1) is 5.82 Å². The SMILES string of the molecule is CNc1ccc(Br)c(F)c1C(F)(F)F. The van der Waals surface area contributed by atoms with Crippen LogP contribution in [0.2, 0.25) is 0 Å². The fourth-order valence-electron chi connectivity index (χ4n) is 1.04. The molecule has 0 amide bonds. The van der Waals surface area contributed by atoms with Crippen molar-refractivity contribution in [1.29, 1.82) is 0 Å². The van der Waals surface area contributed by atoms with E-state index in [1.54, 1.807) is 0 Å². The lowest BCUT2D eigenvalue weighted by Crippen LogP contribution is -2.12. The van der Waals surface area contributed by atoms with E-state index in [1.165, 1.54) is 13.1 Å². The number of halogens is 5. The highest BCUT2D eigenvalue weighted by molar-refractivity contribution is 9.10. The van der Waals surface area contributed by atoms with Gasteiger partial charge in [-0.1, -0.05) is 0 Å². The van der Waals surface area contributed by atoms with E-state index in [1.807, 2.05) is 0 Å². The van der Waals surface area contributed by atoms with Gasteiger partial charge in [0.15, 0.2) is 5.82 Å². The summed E-state index contributed by atoms with van der Waals surface area (Å²) < 4.78 is 50.1. The third-order valence-electron chi connectivity index (χ3n) is 1.65. The second-order valence-electron chi connectivity index (χ2n) is 2.53. The van der Waals surface area contributed by atoms with E-state index in [0.29, 0.717) is 0 Å². The Bertz CT molecular complexity index is 348. The van der Waals surface area contributed by atoms with Crippen molar-refractivity contribution < 1.29 is 17.6 Å². The molecule has 0 aliphatic heterocycles. The molecule has 0 fully saturated rings. The minimum absolute atomic E-state index is 0.205. The van der Waals surface area contributed by atoms with Crippen LogP contribution in [-0.4, -0.2) is 7.05 Å². The zero-order valence-electron chi connectivity index (χ0n) is 7.04. The second kappa shape index (κ2) is 3.76. The molecule has 0 aliphatic rings. The van der Waals surface area contributed by atoms with Gasteiger partial charge in [-0.15, -0.1) is 0 Å². The van der Waals surface area contributed by atoms with Crippen molar-refractivity contribution >= 4 is 21.6 Å². The van der Waals surface area contributed by atoms with Crippen molar-refractivity contribution in [3.05, 3.63) is 28.0 Å². The standard InChI is InChI=1S/C8H6BrF4N/c1-14-5-3-2-4(9)7(10)6(5)8(11,12)13/h2-3,14H,1H3. The number of rotatable bonds is 1. The summed E-state index contributed by atoms with van der Waals surface area (Å²) in [5.41, 5.74) is -1.56. The molecule has 0 saturated carbocycles. The largest absolute Gasteiger partial charge is 0.421 e. The van der Waals surface area contributed by atoms with E-state index in [-0.39, 0.29) is 10.2 Å². The van der Waals surface area contributed by atoms with Crippen molar-refractivity contribution in [2.24, 2.45) is 0 Å². The molecule has 0 bridgehead atoms. The maximum atomic E-state index is 13.1. The highest BCUT2D eigenvalue weighted by Gasteiger charge is 2.37. The molecule has 1 N–H and O–H groups in total. The molecule has 0 aliphatic carbocycles. The average Bonchev–Trinajstić information content (AvgIpc) is 2.07. The van der Waals surface area contributed by atoms with E-state index < -0.39 is 17.6 Å². The van der Waals surface area contributed by atoms with Gasteiger partial charge in [0.05, 0.1) is 4.47 Å². The maximum absolute atomic E-state index is 13.1. The highest BCUT2D eigenvalue weighted by Crippen LogP contribution is 2.38. The van der Waals surface area contributed by atoms with Crippen LogP contribution < -0.4 is 5.32 Å². The van der Waals surface area contributed by atoms with Crippen molar-refractivity contribution in [3.8, 4) is 0 Å². The Balaban J connectivity index is 3.44. The predicted molar refractivity (Wildman–Crippen MR) is 48.6 cm³/mol. The van der Waals surface area contributed by atoms with Crippen LogP contribution in [0.4, 0.5) is 23.2 Å². The summed E-state index contributed by atoms with van der Waals surface area (Å²) in [6, 6.07) is 2.38. The first kappa shape index (κ1) is 11.3. The quantitative estimate of drug-likeness (QED) is 0.769. The molecule has 0 heterocycles. The second-order valence-corrected chi connectivity index (χ2v) is 3.39. The Labute approximate surface area is 86.2 Å². The summed E-state index contributed by atoms with van der Waals surface area (Å²) in [5.74, 6) is -1.30. The summed E-state index contributed by atoms with van der Waals surface area (Å²) in [7, 11) is 1.30. The summed E-state index contributed by atoms with van der Waals surface area (Å²) in [5, 5.41) is 2.29. The molecule has 14 heavy (non-hydrogen) atoms. The summed E-state index contributed by atoms with van der Waals surface area (Å²) >= 11 is 2.70. The van der Waals surface area contributed by atoms with Crippen LogP contribution >= 0.6 is 15.9 Å². The number of nitrogens with one attached hydrogen (secondary N) is 1. The van der Waals surface area contributed by atoms with Crippen molar-refractivity contribution in [2.45, 2.75) is 6.18 Å². The van der Waals surface area contributed by atoms with E-state index in [4.69, 9.17) is 0 Å². The van der Waals surface area contributed by atoms with Gasteiger partial charge in [-0.3, -0.25) is 0 Å². The molecule has 1 rings (SSSR count). The smallest absolute Gasteiger partial charge is 0.388 e. The van der Waals surface area contributed by atoms with E-state index in [9.17, 15) is 17.6 Å². The van der Waals surface area contributed by atoms with Gasteiger partial charge in [-0.2, -0.15) is 13.2 Å². The van der Waals surface area contributed by atoms with Crippen LogP contribution in [0.5, 0.6) is 0 Å². The lowest BCUT2D eigenvalue weighted by Gasteiger charge is -2.13. The van der Waals surface area contributed by atoms with Gasteiger partial charge in [-0.05, 0) is 28.1 Å². The summed E-state index contributed by atoms with van der Waals surface area (Å²) in [4.78, 5) is 0. The molecule has 0 atom stereocenters. The first-order valence-electron chi connectivity index (χ1n) is 3.61. The average molecular weight is 272 g/mol. The van der Waals surface area contributed by atoms with E-state index in [0.717, 1.165) is 6.07 Å². The van der Waals surface area contributed by atoms with Gasteiger partial charge in [0.1, 0.15) is 5.56 Å². The molecule has 0 aromatic heterocycles. The molecule has 78 valence electrons. The lowest BCUT2D eigenvalue weighted by molar-refractivity contribution is -0.139. The molecule has 0 saturated heterocycles. The Kier molecular flexibility index (Phi) is 3.04. The Morgan fingerprint density at radius 1 is 1.29 bits per heavy atom. The molecule has 1 aromatic rings. The molecule has 0 unspecified atom stereocenters. The fraction of sp³-hybridized carbons (Fsp3) is 0.250. The number of benzene rings is 1. The van der Waals surface area contributed by atoms with Gasteiger partial charge in [0, 0.05) is 12.7 Å². The summed E-state index contributed by atoms with van der Waals surface area (Å²) in [6.45, 7) is 0. The van der Waals surface area contributed by atoms with Crippen molar-refractivity contribution in [3.63, 3.8) is 0 Å².